The van der Waals surface area contributed by atoms with Crippen LogP contribution >= 0.6 is 0 Å². The number of carbonyl (C=O) groups excluding carboxylic acids is 1. The summed E-state index contributed by atoms with van der Waals surface area (Å²) in [5.74, 6) is -0.462. The SMILES string of the molecule is CCN(CC)Cc1ccc(C(=O)Nc2cc(Nc3cc(F)cc(N4CCOCC4)c3)ccc2C)cc1. The minimum absolute atomic E-state index is 0.162. The number of nitrogens with zero attached hydrogens (tertiary/aromatic N) is 2. The van der Waals surface area contributed by atoms with Crippen LogP contribution in [-0.4, -0.2) is 50.2 Å². The van der Waals surface area contributed by atoms with Gasteiger partial charge in [-0.1, -0.05) is 32.0 Å². The maximum Gasteiger partial charge on any atom is 0.255 e. The minimum Gasteiger partial charge on any atom is -0.378 e. The quantitative estimate of drug-likeness (QED) is 0.397. The normalized spacial score (nSPS) is 13.6. The van der Waals surface area contributed by atoms with E-state index in [4.69, 9.17) is 4.74 Å². The molecule has 0 unspecified atom stereocenters. The molecule has 0 atom stereocenters. The minimum atomic E-state index is -0.299. The molecule has 36 heavy (non-hydrogen) atoms. The molecule has 0 spiro atoms. The van der Waals surface area contributed by atoms with E-state index in [0.29, 0.717) is 30.2 Å². The van der Waals surface area contributed by atoms with Crippen molar-refractivity contribution in [1.29, 1.82) is 0 Å². The Morgan fingerprint density at radius 3 is 2.39 bits per heavy atom. The number of amides is 1. The first-order valence-electron chi connectivity index (χ1n) is 12.6. The third-order valence-electron chi connectivity index (χ3n) is 6.55. The summed E-state index contributed by atoms with van der Waals surface area (Å²) in [6.07, 6.45) is 0. The number of nitrogens with one attached hydrogen (secondary N) is 2. The van der Waals surface area contributed by atoms with Gasteiger partial charge in [-0.25, -0.2) is 4.39 Å². The van der Waals surface area contributed by atoms with Crippen molar-refractivity contribution in [1.82, 2.24) is 4.90 Å². The lowest BCUT2D eigenvalue weighted by molar-refractivity contribution is 0.102. The van der Waals surface area contributed by atoms with Crippen LogP contribution in [0, 0.1) is 12.7 Å². The number of carbonyl (C=O) groups is 1. The zero-order valence-electron chi connectivity index (χ0n) is 21.3. The van der Waals surface area contributed by atoms with Crippen LogP contribution in [0.25, 0.3) is 0 Å². The van der Waals surface area contributed by atoms with Crippen molar-refractivity contribution in [2.75, 3.05) is 54.9 Å². The summed E-state index contributed by atoms with van der Waals surface area (Å²) in [4.78, 5) is 17.4. The van der Waals surface area contributed by atoms with E-state index in [1.807, 2.05) is 55.5 Å². The molecule has 1 heterocycles. The molecule has 0 radical (unpaired) electrons. The topological polar surface area (TPSA) is 56.8 Å². The zero-order chi connectivity index (χ0) is 25.5. The molecule has 0 saturated carbocycles. The molecule has 0 aliphatic carbocycles. The second kappa shape index (κ2) is 12.0. The molecule has 0 bridgehead atoms. The van der Waals surface area contributed by atoms with Gasteiger partial charge in [0.2, 0.25) is 0 Å². The monoisotopic (exact) mass is 490 g/mol. The molecule has 3 aromatic carbocycles. The lowest BCUT2D eigenvalue weighted by atomic mass is 10.1. The van der Waals surface area contributed by atoms with E-state index >= 15 is 0 Å². The molecular weight excluding hydrogens is 455 g/mol. The Hall–Kier alpha value is -3.42. The highest BCUT2D eigenvalue weighted by molar-refractivity contribution is 6.05. The molecule has 1 saturated heterocycles. The Labute approximate surface area is 213 Å². The van der Waals surface area contributed by atoms with Crippen LogP contribution in [0.5, 0.6) is 0 Å². The van der Waals surface area contributed by atoms with Crippen LogP contribution in [-0.2, 0) is 11.3 Å². The number of benzene rings is 3. The number of aryl methyl sites for hydroxylation is 1. The average Bonchev–Trinajstić information content (AvgIpc) is 2.89. The smallest absolute Gasteiger partial charge is 0.255 e. The van der Waals surface area contributed by atoms with Crippen molar-refractivity contribution < 1.29 is 13.9 Å². The highest BCUT2D eigenvalue weighted by Gasteiger charge is 2.14. The average molecular weight is 491 g/mol. The molecule has 190 valence electrons. The van der Waals surface area contributed by atoms with Gasteiger partial charge in [-0.3, -0.25) is 9.69 Å². The fourth-order valence-electron chi connectivity index (χ4n) is 4.31. The number of ether oxygens (including phenoxy) is 1. The summed E-state index contributed by atoms with van der Waals surface area (Å²) >= 11 is 0. The van der Waals surface area contributed by atoms with Gasteiger partial charge in [0.25, 0.3) is 5.91 Å². The number of anilines is 4. The Bertz CT molecular complexity index is 1170. The van der Waals surface area contributed by atoms with Crippen LogP contribution in [0.1, 0.15) is 35.3 Å². The van der Waals surface area contributed by atoms with E-state index < -0.39 is 0 Å². The number of hydrogen-bond donors (Lipinski definition) is 2. The molecule has 2 N–H and O–H groups in total. The summed E-state index contributed by atoms with van der Waals surface area (Å²) in [6, 6.07) is 18.4. The highest BCUT2D eigenvalue weighted by atomic mass is 19.1. The summed E-state index contributed by atoms with van der Waals surface area (Å²) in [6.45, 7) is 11.8. The van der Waals surface area contributed by atoms with E-state index in [9.17, 15) is 9.18 Å². The third-order valence-corrected chi connectivity index (χ3v) is 6.55. The third kappa shape index (κ3) is 6.62. The van der Waals surface area contributed by atoms with Gasteiger partial charge >= 0.3 is 0 Å². The van der Waals surface area contributed by atoms with Crippen molar-refractivity contribution >= 4 is 28.7 Å². The van der Waals surface area contributed by atoms with Gasteiger partial charge in [-0.15, -0.1) is 0 Å². The fourth-order valence-corrected chi connectivity index (χ4v) is 4.31. The van der Waals surface area contributed by atoms with Gasteiger partial charge in [0, 0.05) is 47.9 Å². The maximum atomic E-state index is 14.4. The maximum absolute atomic E-state index is 14.4. The number of halogens is 1. The molecule has 4 rings (SSSR count). The summed E-state index contributed by atoms with van der Waals surface area (Å²) in [5.41, 5.74) is 5.69. The fraction of sp³-hybridized carbons (Fsp3) is 0.345. The summed E-state index contributed by atoms with van der Waals surface area (Å²) in [5, 5.41) is 6.31. The number of hydrogen-bond acceptors (Lipinski definition) is 5. The molecule has 1 aliphatic rings. The molecule has 7 heteroatoms. The Morgan fingerprint density at radius 1 is 0.972 bits per heavy atom. The second-order valence-electron chi connectivity index (χ2n) is 9.06. The molecule has 6 nitrogen and oxygen atoms in total. The Kier molecular flexibility index (Phi) is 8.57. The summed E-state index contributed by atoms with van der Waals surface area (Å²) < 4.78 is 19.8. The number of rotatable bonds is 9. The van der Waals surface area contributed by atoms with Gasteiger partial charge in [0.05, 0.1) is 13.2 Å². The second-order valence-corrected chi connectivity index (χ2v) is 9.06. The molecule has 3 aromatic rings. The lowest BCUT2D eigenvalue weighted by Gasteiger charge is -2.29. The van der Waals surface area contributed by atoms with Crippen LogP contribution in [0.3, 0.4) is 0 Å². The first kappa shape index (κ1) is 25.7. The molecule has 1 fully saturated rings. The van der Waals surface area contributed by atoms with Crippen LogP contribution in [0.2, 0.25) is 0 Å². The molecule has 1 aliphatic heterocycles. The van der Waals surface area contributed by atoms with Gasteiger partial charge in [-0.2, -0.15) is 0 Å². The largest absolute Gasteiger partial charge is 0.378 e. The van der Waals surface area contributed by atoms with Crippen molar-refractivity contribution in [2.24, 2.45) is 0 Å². The van der Waals surface area contributed by atoms with Crippen LogP contribution in [0.15, 0.2) is 60.7 Å². The Balaban J connectivity index is 1.45. The standard InChI is InChI=1S/C29H35FN4O2/c1-4-33(5-2)20-22-7-9-23(10-8-22)29(35)32-28-19-25(11-6-21(28)3)31-26-16-24(30)17-27(18-26)34-12-14-36-15-13-34/h6-11,16-19,31H,4-5,12-15,20H2,1-3H3,(H,32,35). The van der Waals surface area contributed by atoms with Crippen molar-refractivity contribution in [3.05, 3.63) is 83.2 Å². The van der Waals surface area contributed by atoms with Crippen molar-refractivity contribution in [3.63, 3.8) is 0 Å². The first-order chi connectivity index (χ1) is 17.4. The van der Waals surface area contributed by atoms with E-state index in [0.717, 1.165) is 49.7 Å². The van der Waals surface area contributed by atoms with E-state index in [2.05, 4.69) is 34.3 Å². The highest BCUT2D eigenvalue weighted by Crippen LogP contribution is 2.28. The van der Waals surface area contributed by atoms with Gasteiger partial charge in [0.1, 0.15) is 5.82 Å². The predicted octanol–water partition coefficient (Wildman–Crippen LogP) is 5.81. The van der Waals surface area contributed by atoms with Crippen LogP contribution < -0.4 is 15.5 Å². The Morgan fingerprint density at radius 2 is 1.69 bits per heavy atom. The molecule has 1 amide bonds. The van der Waals surface area contributed by atoms with E-state index in [-0.39, 0.29) is 11.7 Å². The van der Waals surface area contributed by atoms with Crippen molar-refractivity contribution in [2.45, 2.75) is 27.3 Å². The van der Waals surface area contributed by atoms with Gasteiger partial charge in [-0.05, 0) is 73.6 Å². The van der Waals surface area contributed by atoms with Crippen LogP contribution in [0.4, 0.5) is 27.1 Å². The molecule has 0 aromatic heterocycles. The predicted molar refractivity (Wildman–Crippen MR) is 145 cm³/mol. The number of morpholine rings is 1. The van der Waals surface area contributed by atoms with Gasteiger partial charge in [0.15, 0.2) is 0 Å². The molecular formula is C29H35FN4O2. The van der Waals surface area contributed by atoms with Crippen molar-refractivity contribution in [3.8, 4) is 0 Å². The first-order valence-corrected chi connectivity index (χ1v) is 12.6. The van der Waals surface area contributed by atoms with E-state index in [1.54, 1.807) is 6.07 Å². The lowest BCUT2D eigenvalue weighted by Crippen LogP contribution is -2.36. The van der Waals surface area contributed by atoms with E-state index in [1.165, 1.54) is 11.6 Å². The zero-order valence-corrected chi connectivity index (χ0v) is 21.3. The summed E-state index contributed by atoms with van der Waals surface area (Å²) in [7, 11) is 0. The van der Waals surface area contributed by atoms with Gasteiger partial charge < -0.3 is 20.3 Å².